The van der Waals surface area contributed by atoms with Gasteiger partial charge < -0.3 is 5.73 Å². The molecule has 0 saturated heterocycles. The van der Waals surface area contributed by atoms with Crippen LogP contribution in [0.15, 0.2) is 22.7 Å². The molecule has 4 heteroatoms. The fraction of sp³-hybridized carbons (Fsp3) is 0.250. The third-order valence-corrected chi connectivity index (χ3v) is 3.64. The monoisotopic (exact) mass is 279 g/mol. The molecule has 2 N–H and O–H groups in total. The van der Waals surface area contributed by atoms with Gasteiger partial charge in [-0.1, -0.05) is 22.0 Å². The Hall–Kier alpha value is -1.29. The van der Waals surface area contributed by atoms with Crippen molar-refractivity contribution in [1.82, 2.24) is 9.78 Å². The number of hydrogen-bond acceptors (Lipinski definition) is 2. The maximum atomic E-state index is 5.80. The number of nitrogen functional groups attached to an aromatic ring is 1. The highest BCUT2D eigenvalue weighted by atomic mass is 79.9. The summed E-state index contributed by atoms with van der Waals surface area (Å²) in [6.07, 6.45) is 0. The van der Waals surface area contributed by atoms with Gasteiger partial charge in [0.15, 0.2) is 0 Å². The summed E-state index contributed by atoms with van der Waals surface area (Å²) in [7, 11) is 1.85. The quantitative estimate of drug-likeness (QED) is 0.872. The summed E-state index contributed by atoms with van der Waals surface area (Å²) < 4.78 is 2.78. The lowest BCUT2D eigenvalue weighted by Gasteiger charge is -2.08. The predicted octanol–water partition coefficient (Wildman–Crippen LogP) is 3.05. The molecule has 0 amide bonds. The Balaban J connectivity index is 2.68. The minimum atomic E-state index is 0.675. The van der Waals surface area contributed by atoms with Gasteiger partial charge in [0.1, 0.15) is 5.82 Å². The third kappa shape index (κ3) is 1.73. The molecule has 1 aromatic heterocycles. The van der Waals surface area contributed by atoms with Gasteiger partial charge in [-0.3, -0.25) is 4.68 Å². The minimum Gasteiger partial charge on any atom is -0.384 e. The maximum Gasteiger partial charge on any atom is 0.121 e. The highest BCUT2D eigenvalue weighted by molar-refractivity contribution is 9.10. The van der Waals surface area contributed by atoms with Gasteiger partial charge in [-0.05, 0) is 31.0 Å². The standard InChI is InChI=1S/C12H14BrN3/c1-7-4-5-9(13)8(2)12(7)10-6-11(14)16(3)15-10/h4-6H,14H2,1-3H3. The Bertz CT molecular complexity index is 524. The van der Waals surface area contributed by atoms with Crippen LogP contribution in [0.4, 0.5) is 5.82 Å². The van der Waals surface area contributed by atoms with Crippen molar-refractivity contribution in [3.8, 4) is 11.3 Å². The van der Waals surface area contributed by atoms with Crippen molar-refractivity contribution in [3.05, 3.63) is 33.8 Å². The van der Waals surface area contributed by atoms with Crippen molar-refractivity contribution in [2.75, 3.05) is 5.73 Å². The largest absolute Gasteiger partial charge is 0.384 e. The second-order valence-corrected chi connectivity index (χ2v) is 4.80. The first kappa shape index (κ1) is 11.2. The number of aryl methyl sites for hydroxylation is 2. The lowest BCUT2D eigenvalue weighted by Crippen LogP contribution is -1.97. The zero-order valence-corrected chi connectivity index (χ0v) is 11.2. The zero-order chi connectivity index (χ0) is 11.9. The van der Waals surface area contributed by atoms with Gasteiger partial charge in [-0.15, -0.1) is 0 Å². The molecule has 16 heavy (non-hydrogen) atoms. The van der Waals surface area contributed by atoms with Gasteiger partial charge >= 0.3 is 0 Å². The molecule has 3 nitrogen and oxygen atoms in total. The van der Waals surface area contributed by atoms with E-state index in [0.717, 1.165) is 15.7 Å². The Labute approximate surface area is 103 Å². The van der Waals surface area contributed by atoms with Crippen LogP contribution in [0.5, 0.6) is 0 Å². The van der Waals surface area contributed by atoms with Crippen LogP contribution in [0.1, 0.15) is 11.1 Å². The Kier molecular flexibility index (Phi) is 2.76. The molecule has 0 aliphatic rings. The molecular formula is C12H14BrN3. The first-order valence-electron chi connectivity index (χ1n) is 5.06. The van der Waals surface area contributed by atoms with Gasteiger partial charge in [0.2, 0.25) is 0 Å². The van der Waals surface area contributed by atoms with E-state index in [2.05, 4.69) is 47.0 Å². The van der Waals surface area contributed by atoms with Gasteiger partial charge in [-0.25, -0.2) is 0 Å². The summed E-state index contributed by atoms with van der Waals surface area (Å²) in [5.74, 6) is 0.675. The zero-order valence-electron chi connectivity index (χ0n) is 9.58. The van der Waals surface area contributed by atoms with E-state index in [1.54, 1.807) is 4.68 Å². The Morgan fingerprint density at radius 2 is 2.00 bits per heavy atom. The van der Waals surface area contributed by atoms with E-state index in [4.69, 9.17) is 5.73 Å². The lowest BCUT2D eigenvalue weighted by molar-refractivity contribution is 0.782. The van der Waals surface area contributed by atoms with Crippen LogP contribution >= 0.6 is 15.9 Å². The van der Waals surface area contributed by atoms with E-state index in [-0.39, 0.29) is 0 Å². The summed E-state index contributed by atoms with van der Waals surface area (Å²) in [4.78, 5) is 0. The average molecular weight is 280 g/mol. The van der Waals surface area contributed by atoms with E-state index < -0.39 is 0 Å². The van der Waals surface area contributed by atoms with Crippen molar-refractivity contribution in [2.24, 2.45) is 7.05 Å². The lowest BCUT2D eigenvalue weighted by atomic mass is 10.0. The van der Waals surface area contributed by atoms with Crippen LogP contribution in [0.2, 0.25) is 0 Å². The molecule has 0 unspecified atom stereocenters. The molecule has 0 spiro atoms. The predicted molar refractivity (Wildman–Crippen MR) is 70.2 cm³/mol. The molecule has 1 heterocycles. The van der Waals surface area contributed by atoms with Crippen molar-refractivity contribution in [3.63, 3.8) is 0 Å². The molecule has 0 radical (unpaired) electrons. The summed E-state index contributed by atoms with van der Waals surface area (Å²) in [5, 5.41) is 4.41. The Morgan fingerprint density at radius 1 is 1.31 bits per heavy atom. The van der Waals surface area contributed by atoms with Gasteiger partial charge in [-0.2, -0.15) is 5.10 Å². The molecule has 84 valence electrons. The van der Waals surface area contributed by atoms with Crippen LogP contribution < -0.4 is 5.73 Å². The molecule has 2 rings (SSSR count). The molecule has 0 fully saturated rings. The number of rotatable bonds is 1. The fourth-order valence-electron chi connectivity index (χ4n) is 1.82. The van der Waals surface area contributed by atoms with Crippen LogP contribution in [-0.4, -0.2) is 9.78 Å². The number of aromatic nitrogens is 2. The second kappa shape index (κ2) is 3.94. The second-order valence-electron chi connectivity index (χ2n) is 3.94. The molecule has 0 atom stereocenters. The topological polar surface area (TPSA) is 43.8 Å². The van der Waals surface area contributed by atoms with Gasteiger partial charge in [0, 0.05) is 23.2 Å². The average Bonchev–Trinajstić information content (AvgIpc) is 2.54. The SMILES string of the molecule is Cc1ccc(Br)c(C)c1-c1cc(N)n(C)n1. The first-order chi connectivity index (χ1) is 7.50. The summed E-state index contributed by atoms with van der Waals surface area (Å²) in [6, 6.07) is 6.04. The van der Waals surface area contributed by atoms with E-state index >= 15 is 0 Å². The number of nitrogens with two attached hydrogens (primary N) is 1. The summed E-state index contributed by atoms with van der Waals surface area (Å²) in [6.45, 7) is 4.16. The normalized spacial score (nSPS) is 10.8. The molecule has 0 aliphatic heterocycles. The fourth-order valence-corrected chi connectivity index (χ4v) is 2.15. The van der Waals surface area contributed by atoms with Crippen LogP contribution in [0.3, 0.4) is 0 Å². The van der Waals surface area contributed by atoms with Crippen LogP contribution in [-0.2, 0) is 7.05 Å². The van der Waals surface area contributed by atoms with Crippen LogP contribution in [0, 0.1) is 13.8 Å². The first-order valence-corrected chi connectivity index (χ1v) is 5.85. The number of benzene rings is 1. The van der Waals surface area contributed by atoms with E-state index in [1.807, 2.05) is 13.1 Å². The van der Waals surface area contributed by atoms with E-state index in [9.17, 15) is 0 Å². The number of nitrogens with zero attached hydrogens (tertiary/aromatic N) is 2. The van der Waals surface area contributed by atoms with Gasteiger partial charge in [0.25, 0.3) is 0 Å². The number of hydrogen-bond donors (Lipinski definition) is 1. The molecule has 1 aromatic carbocycles. The maximum absolute atomic E-state index is 5.80. The number of halogens is 1. The van der Waals surface area contributed by atoms with Crippen molar-refractivity contribution < 1.29 is 0 Å². The van der Waals surface area contributed by atoms with Gasteiger partial charge in [0.05, 0.1) is 5.69 Å². The van der Waals surface area contributed by atoms with Crippen molar-refractivity contribution >= 4 is 21.7 Å². The Morgan fingerprint density at radius 3 is 2.56 bits per heavy atom. The van der Waals surface area contributed by atoms with Crippen LogP contribution in [0.25, 0.3) is 11.3 Å². The summed E-state index contributed by atoms with van der Waals surface area (Å²) >= 11 is 3.54. The highest BCUT2D eigenvalue weighted by Gasteiger charge is 2.12. The van der Waals surface area contributed by atoms with E-state index in [0.29, 0.717) is 5.82 Å². The van der Waals surface area contributed by atoms with Crippen molar-refractivity contribution in [2.45, 2.75) is 13.8 Å². The number of anilines is 1. The molecular weight excluding hydrogens is 266 g/mol. The van der Waals surface area contributed by atoms with E-state index in [1.165, 1.54) is 11.1 Å². The minimum absolute atomic E-state index is 0.675. The highest BCUT2D eigenvalue weighted by Crippen LogP contribution is 2.31. The smallest absolute Gasteiger partial charge is 0.121 e. The molecule has 0 bridgehead atoms. The summed E-state index contributed by atoms with van der Waals surface area (Å²) in [5.41, 5.74) is 10.3. The molecule has 2 aromatic rings. The molecule has 0 saturated carbocycles. The van der Waals surface area contributed by atoms with Crippen molar-refractivity contribution in [1.29, 1.82) is 0 Å². The molecule has 0 aliphatic carbocycles. The third-order valence-electron chi connectivity index (χ3n) is 2.78.